The van der Waals surface area contributed by atoms with Gasteiger partial charge in [-0.25, -0.2) is 0 Å². The van der Waals surface area contributed by atoms with Crippen LogP contribution in [0, 0.1) is 12.3 Å². The summed E-state index contributed by atoms with van der Waals surface area (Å²) in [5.41, 5.74) is 1.74. The average Bonchev–Trinajstić information content (AvgIpc) is 2.50. The first kappa shape index (κ1) is 15.1. The predicted octanol–water partition coefficient (Wildman–Crippen LogP) is 2.39. The van der Waals surface area contributed by atoms with E-state index in [2.05, 4.69) is 5.92 Å². The molecule has 1 atom stereocenters. The molecular formula is C17H19NO3. The van der Waals surface area contributed by atoms with Gasteiger partial charge in [-0.05, 0) is 24.0 Å². The van der Waals surface area contributed by atoms with Gasteiger partial charge in [0.1, 0.15) is 0 Å². The quantitative estimate of drug-likeness (QED) is 0.667. The fourth-order valence-corrected chi connectivity index (χ4v) is 2.67. The van der Waals surface area contributed by atoms with Crippen LogP contribution in [0.2, 0.25) is 0 Å². The molecule has 1 unspecified atom stereocenters. The largest absolute Gasteiger partial charge is 0.481 e. The normalized spacial score (nSPS) is 16.9. The minimum absolute atomic E-state index is 0.00720. The lowest BCUT2D eigenvalue weighted by Crippen LogP contribution is -2.40. The Morgan fingerprint density at radius 1 is 1.33 bits per heavy atom. The van der Waals surface area contributed by atoms with Crippen molar-refractivity contribution in [3.05, 3.63) is 35.4 Å². The Labute approximate surface area is 124 Å². The molecule has 1 aliphatic heterocycles. The van der Waals surface area contributed by atoms with Crippen LogP contribution in [0.1, 0.15) is 42.7 Å². The Morgan fingerprint density at radius 2 is 2.10 bits per heavy atom. The van der Waals surface area contributed by atoms with E-state index in [1.807, 2.05) is 24.3 Å². The molecule has 0 saturated heterocycles. The predicted molar refractivity (Wildman–Crippen MR) is 79.5 cm³/mol. The standard InChI is InChI=1S/C17H19NO3/c1-2-3-4-5-10-16(19)18-11-13-8-6-7-9-14(13)15(12-18)17(20)21/h1,6-9,15H,3-5,10-12H2,(H,20,21). The van der Waals surface area contributed by atoms with E-state index in [9.17, 15) is 14.7 Å². The molecule has 0 aliphatic carbocycles. The third-order valence-electron chi connectivity index (χ3n) is 3.81. The minimum atomic E-state index is -0.882. The molecule has 1 aromatic rings. The molecule has 1 N–H and O–H groups in total. The van der Waals surface area contributed by atoms with Gasteiger partial charge < -0.3 is 10.0 Å². The Hall–Kier alpha value is -2.28. The number of carbonyl (C=O) groups is 2. The first-order valence-corrected chi connectivity index (χ1v) is 7.15. The number of fused-ring (bicyclic) bond motifs is 1. The van der Waals surface area contributed by atoms with Gasteiger partial charge in [0.05, 0.1) is 5.92 Å². The molecule has 21 heavy (non-hydrogen) atoms. The van der Waals surface area contributed by atoms with E-state index >= 15 is 0 Å². The van der Waals surface area contributed by atoms with Crippen molar-refractivity contribution in [1.82, 2.24) is 4.90 Å². The van der Waals surface area contributed by atoms with Gasteiger partial charge in [0.15, 0.2) is 0 Å². The molecule has 0 radical (unpaired) electrons. The van der Waals surface area contributed by atoms with E-state index in [0.717, 1.165) is 24.0 Å². The van der Waals surface area contributed by atoms with Gasteiger partial charge in [-0.15, -0.1) is 12.3 Å². The molecule has 4 heteroatoms. The lowest BCUT2D eigenvalue weighted by molar-refractivity contribution is -0.141. The van der Waals surface area contributed by atoms with Crippen LogP contribution in [-0.2, 0) is 16.1 Å². The second-order valence-corrected chi connectivity index (χ2v) is 5.28. The van der Waals surface area contributed by atoms with Crippen LogP contribution in [0.5, 0.6) is 0 Å². The van der Waals surface area contributed by atoms with E-state index in [1.54, 1.807) is 4.90 Å². The average molecular weight is 285 g/mol. The number of benzene rings is 1. The molecule has 4 nitrogen and oxygen atoms in total. The van der Waals surface area contributed by atoms with Crippen LogP contribution in [0.25, 0.3) is 0 Å². The highest BCUT2D eigenvalue weighted by atomic mass is 16.4. The van der Waals surface area contributed by atoms with E-state index in [1.165, 1.54) is 0 Å². The van der Waals surface area contributed by atoms with Crippen molar-refractivity contribution < 1.29 is 14.7 Å². The lowest BCUT2D eigenvalue weighted by Gasteiger charge is -2.33. The lowest BCUT2D eigenvalue weighted by atomic mass is 9.89. The zero-order valence-corrected chi connectivity index (χ0v) is 11.9. The summed E-state index contributed by atoms with van der Waals surface area (Å²) in [5, 5.41) is 9.37. The molecule has 110 valence electrons. The molecule has 2 rings (SSSR count). The molecule has 0 aromatic heterocycles. The van der Waals surface area contributed by atoms with Crippen LogP contribution in [0.3, 0.4) is 0 Å². The number of nitrogens with zero attached hydrogens (tertiary/aromatic N) is 1. The SMILES string of the molecule is C#CCCCCC(=O)N1Cc2ccccc2C(C(=O)O)C1. The molecule has 0 saturated carbocycles. The van der Waals surface area contributed by atoms with E-state index in [0.29, 0.717) is 19.4 Å². The van der Waals surface area contributed by atoms with Gasteiger partial charge in [-0.1, -0.05) is 24.3 Å². The maximum absolute atomic E-state index is 12.2. The Kier molecular flexibility index (Phi) is 4.99. The molecule has 1 aliphatic rings. The first-order valence-electron chi connectivity index (χ1n) is 7.15. The van der Waals surface area contributed by atoms with Gasteiger partial charge in [0.2, 0.25) is 5.91 Å². The highest BCUT2D eigenvalue weighted by Gasteiger charge is 2.31. The van der Waals surface area contributed by atoms with E-state index < -0.39 is 11.9 Å². The number of hydrogen-bond donors (Lipinski definition) is 1. The number of amides is 1. The van der Waals surface area contributed by atoms with Crippen molar-refractivity contribution in [3.63, 3.8) is 0 Å². The Balaban J connectivity index is 2.05. The number of hydrogen-bond acceptors (Lipinski definition) is 2. The summed E-state index contributed by atoms with van der Waals surface area (Å²) < 4.78 is 0. The number of aliphatic carboxylic acids is 1. The second kappa shape index (κ2) is 6.94. The van der Waals surface area contributed by atoms with Crippen molar-refractivity contribution in [3.8, 4) is 12.3 Å². The van der Waals surface area contributed by atoms with Crippen LogP contribution < -0.4 is 0 Å². The molecule has 0 bridgehead atoms. The van der Waals surface area contributed by atoms with Gasteiger partial charge in [-0.3, -0.25) is 9.59 Å². The number of rotatable bonds is 5. The fourth-order valence-electron chi connectivity index (χ4n) is 2.67. The summed E-state index contributed by atoms with van der Waals surface area (Å²) in [4.78, 5) is 25.3. The molecule has 1 heterocycles. The summed E-state index contributed by atoms with van der Waals surface area (Å²) in [6.07, 6.45) is 7.86. The summed E-state index contributed by atoms with van der Waals surface area (Å²) in [6, 6.07) is 7.44. The van der Waals surface area contributed by atoms with Crippen LogP contribution in [0.15, 0.2) is 24.3 Å². The number of carbonyl (C=O) groups excluding carboxylic acids is 1. The van der Waals surface area contributed by atoms with Crippen molar-refractivity contribution >= 4 is 11.9 Å². The molecular weight excluding hydrogens is 266 g/mol. The topological polar surface area (TPSA) is 57.6 Å². The van der Waals surface area contributed by atoms with Gasteiger partial charge in [0, 0.05) is 25.9 Å². The highest BCUT2D eigenvalue weighted by molar-refractivity contribution is 5.81. The number of unbranched alkanes of at least 4 members (excludes halogenated alkanes) is 2. The zero-order valence-electron chi connectivity index (χ0n) is 11.9. The summed E-state index contributed by atoms with van der Waals surface area (Å²) in [7, 11) is 0. The number of carboxylic acids is 1. The Morgan fingerprint density at radius 3 is 2.81 bits per heavy atom. The van der Waals surface area contributed by atoms with E-state index in [-0.39, 0.29) is 12.5 Å². The molecule has 0 spiro atoms. The summed E-state index contributed by atoms with van der Waals surface area (Å²) in [5.74, 6) is 1.04. The monoisotopic (exact) mass is 285 g/mol. The van der Waals surface area contributed by atoms with Crippen LogP contribution in [-0.4, -0.2) is 28.4 Å². The molecule has 0 fully saturated rings. The fraction of sp³-hybridized carbons (Fsp3) is 0.412. The van der Waals surface area contributed by atoms with Gasteiger partial charge >= 0.3 is 5.97 Å². The van der Waals surface area contributed by atoms with Crippen molar-refractivity contribution in [2.45, 2.75) is 38.1 Å². The van der Waals surface area contributed by atoms with Crippen molar-refractivity contribution in [2.75, 3.05) is 6.54 Å². The number of terminal acetylenes is 1. The second-order valence-electron chi connectivity index (χ2n) is 5.28. The molecule has 1 amide bonds. The van der Waals surface area contributed by atoms with Gasteiger partial charge in [0.25, 0.3) is 0 Å². The maximum Gasteiger partial charge on any atom is 0.312 e. The smallest absolute Gasteiger partial charge is 0.312 e. The van der Waals surface area contributed by atoms with E-state index in [4.69, 9.17) is 6.42 Å². The third kappa shape index (κ3) is 3.63. The van der Waals surface area contributed by atoms with Gasteiger partial charge in [-0.2, -0.15) is 0 Å². The third-order valence-corrected chi connectivity index (χ3v) is 3.81. The van der Waals surface area contributed by atoms with Crippen molar-refractivity contribution in [1.29, 1.82) is 0 Å². The zero-order chi connectivity index (χ0) is 15.2. The summed E-state index contributed by atoms with van der Waals surface area (Å²) in [6.45, 7) is 0.744. The number of carboxylic acid groups (broad SMARTS) is 1. The minimum Gasteiger partial charge on any atom is -0.481 e. The Bertz CT molecular complexity index is 574. The maximum atomic E-state index is 12.2. The van der Waals surface area contributed by atoms with Crippen molar-refractivity contribution in [2.24, 2.45) is 0 Å². The summed E-state index contributed by atoms with van der Waals surface area (Å²) >= 11 is 0. The molecule has 1 aromatic carbocycles. The first-order chi connectivity index (χ1) is 10.1. The van der Waals surface area contributed by atoms with Crippen LogP contribution >= 0.6 is 0 Å². The van der Waals surface area contributed by atoms with Crippen LogP contribution in [0.4, 0.5) is 0 Å². The highest BCUT2D eigenvalue weighted by Crippen LogP contribution is 2.29.